The van der Waals surface area contributed by atoms with Gasteiger partial charge >= 0.3 is 5.97 Å². The molecule has 0 aromatic heterocycles. The number of anilines is 4. The molecule has 5 aromatic carbocycles. The number of hydrogen-bond acceptors (Lipinski definition) is 5. The zero-order valence-corrected chi connectivity index (χ0v) is 22.4. The number of esters is 1. The van der Waals surface area contributed by atoms with Gasteiger partial charge in [0.25, 0.3) is 0 Å². The van der Waals surface area contributed by atoms with Gasteiger partial charge in [-0.3, -0.25) is 0 Å². The number of fused-ring (bicyclic) bond motifs is 2. The summed E-state index contributed by atoms with van der Waals surface area (Å²) in [5, 5.41) is 7.05. The quantitative estimate of drug-likeness (QED) is 0.203. The average Bonchev–Trinajstić information content (AvgIpc) is 2.97. The summed E-state index contributed by atoms with van der Waals surface area (Å²) in [6.07, 6.45) is 0. The van der Waals surface area contributed by atoms with E-state index in [1.807, 2.05) is 67.6 Å². The van der Waals surface area contributed by atoms with E-state index in [9.17, 15) is 4.79 Å². The lowest BCUT2D eigenvalue weighted by atomic mass is 9.82. The van der Waals surface area contributed by atoms with Crippen molar-refractivity contribution in [1.82, 2.24) is 0 Å². The summed E-state index contributed by atoms with van der Waals surface area (Å²) < 4.78 is 5.44. The largest absolute Gasteiger partial charge is 0.462 e. The number of ether oxygens (including phenoxy) is 1. The number of carbonyl (C=O) groups excluding carboxylic acids is 1. The van der Waals surface area contributed by atoms with E-state index < -0.39 is 0 Å². The smallest absolute Gasteiger partial charge is 0.338 e. The van der Waals surface area contributed by atoms with Gasteiger partial charge in [-0.2, -0.15) is 0 Å². The minimum atomic E-state index is -0.292. The van der Waals surface area contributed by atoms with Gasteiger partial charge in [-0.05, 0) is 78.2 Å². The van der Waals surface area contributed by atoms with E-state index in [0.29, 0.717) is 12.2 Å². The fourth-order valence-corrected chi connectivity index (χ4v) is 6.24. The molecule has 6 rings (SSSR count). The Morgan fingerprint density at radius 2 is 1.15 bits per heavy atom. The van der Waals surface area contributed by atoms with E-state index in [4.69, 9.17) is 4.74 Å². The Balaban J connectivity index is 1.45. The van der Waals surface area contributed by atoms with E-state index in [0.717, 1.165) is 38.1 Å². The molecule has 0 amide bonds. The summed E-state index contributed by atoms with van der Waals surface area (Å²) in [4.78, 5) is 15.3. The maximum Gasteiger partial charge on any atom is 0.338 e. The molecule has 0 fully saturated rings. The summed E-state index contributed by atoms with van der Waals surface area (Å²) in [7, 11) is 0. The fourth-order valence-electron chi connectivity index (χ4n) is 5.02. The van der Waals surface area contributed by atoms with Crippen LogP contribution in [-0.2, 0) is 4.74 Å². The summed E-state index contributed by atoms with van der Waals surface area (Å²) in [6, 6.07) is 41.1. The molecule has 0 bridgehead atoms. The van der Waals surface area contributed by atoms with Crippen LogP contribution in [0.3, 0.4) is 0 Å². The van der Waals surface area contributed by atoms with Crippen molar-refractivity contribution in [3.63, 3.8) is 0 Å². The zero-order valence-electron chi connectivity index (χ0n) is 21.6. The molecule has 39 heavy (non-hydrogen) atoms. The van der Waals surface area contributed by atoms with Crippen molar-refractivity contribution in [2.45, 2.75) is 22.6 Å². The van der Waals surface area contributed by atoms with E-state index >= 15 is 0 Å². The third-order valence-corrected chi connectivity index (χ3v) is 7.91. The van der Waals surface area contributed by atoms with Gasteiger partial charge in [0.1, 0.15) is 0 Å². The molecule has 2 N–H and O–H groups in total. The molecule has 0 spiro atoms. The topological polar surface area (TPSA) is 50.4 Å². The van der Waals surface area contributed by atoms with Gasteiger partial charge in [-0.1, -0.05) is 78.5 Å². The highest BCUT2D eigenvalue weighted by molar-refractivity contribution is 7.99. The van der Waals surface area contributed by atoms with Crippen LogP contribution < -0.4 is 10.6 Å². The Labute approximate surface area is 233 Å². The van der Waals surface area contributed by atoms with Crippen LogP contribution in [0.15, 0.2) is 131 Å². The highest BCUT2D eigenvalue weighted by atomic mass is 32.2. The van der Waals surface area contributed by atoms with Gasteiger partial charge in [-0.15, -0.1) is 0 Å². The Kier molecular flexibility index (Phi) is 7.07. The molecule has 1 aliphatic rings. The second-order valence-electron chi connectivity index (χ2n) is 9.33. The van der Waals surface area contributed by atoms with Crippen molar-refractivity contribution in [2.24, 2.45) is 0 Å². The highest BCUT2D eigenvalue weighted by Gasteiger charge is 2.31. The number of para-hydroxylation sites is 2. The highest BCUT2D eigenvalue weighted by Crippen LogP contribution is 2.50. The number of carbonyl (C=O) groups is 1. The summed E-state index contributed by atoms with van der Waals surface area (Å²) in [5.74, 6) is -0.396. The zero-order chi connectivity index (χ0) is 26.6. The van der Waals surface area contributed by atoms with Gasteiger partial charge in [0.05, 0.1) is 12.2 Å². The lowest BCUT2D eigenvalue weighted by Gasteiger charge is -2.30. The van der Waals surface area contributed by atoms with Crippen LogP contribution in [0.4, 0.5) is 22.7 Å². The van der Waals surface area contributed by atoms with Crippen molar-refractivity contribution >= 4 is 40.5 Å². The first kappa shape index (κ1) is 24.8. The van der Waals surface area contributed by atoms with E-state index in [2.05, 4.69) is 71.3 Å². The summed E-state index contributed by atoms with van der Waals surface area (Å²) in [6.45, 7) is 2.18. The van der Waals surface area contributed by atoms with Crippen LogP contribution in [0.2, 0.25) is 0 Å². The SMILES string of the molecule is CCOC(=O)c1ccccc1C1c2ccc(Nc3ccccc3)cc2Sc2cc(Nc3ccccc3)ccc21. The normalized spacial score (nSPS) is 12.2. The standard InChI is InChI=1S/C34H28N2O2S/c1-2-38-34(37)28-16-10-9-15-27(28)33-29-19-17-25(35-23-11-5-3-6-12-23)21-31(29)39-32-22-26(18-20-30(32)33)36-24-13-7-4-8-14-24/h3-22,33,35-36H,2H2,1H3. The van der Waals surface area contributed by atoms with Gasteiger partial charge in [0.2, 0.25) is 0 Å². The molecular formula is C34H28N2O2S. The Hall–Kier alpha value is -4.48. The number of nitrogens with one attached hydrogen (secondary N) is 2. The predicted molar refractivity (Wildman–Crippen MR) is 160 cm³/mol. The first-order valence-electron chi connectivity index (χ1n) is 13.1. The van der Waals surface area contributed by atoms with Crippen LogP contribution >= 0.6 is 11.8 Å². The van der Waals surface area contributed by atoms with Gasteiger partial charge in [0.15, 0.2) is 0 Å². The van der Waals surface area contributed by atoms with Gasteiger partial charge in [0, 0.05) is 38.5 Å². The number of rotatable bonds is 7. The lowest BCUT2D eigenvalue weighted by Crippen LogP contribution is -2.16. The van der Waals surface area contributed by atoms with E-state index in [1.165, 1.54) is 11.1 Å². The Morgan fingerprint density at radius 3 is 1.69 bits per heavy atom. The van der Waals surface area contributed by atoms with Gasteiger partial charge < -0.3 is 15.4 Å². The molecule has 0 unspecified atom stereocenters. The molecule has 5 heteroatoms. The van der Waals surface area contributed by atoms with E-state index in [-0.39, 0.29) is 11.9 Å². The van der Waals surface area contributed by atoms with Crippen molar-refractivity contribution in [3.8, 4) is 0 Å². The van der Waals surface area contributed by atoms with Crippen LogP contribution in [-0.4, -0.2) is 12.6 Å². The van der Waals surface area contributed by atoms with Crippen LogP contribution in [0.5, 0.6) is 0 Å². The predicted octanol–water partition coefficient (Wildman–Crippen LogP) is 9.00. The molecule has 1 heterocycles. The van der Waals surface area contributed by atoms with Crippen molar-refractivity contribution in [2.75, 3.05) is 17.2 Å². The Morgan fingerprint density at radius 1 is 0.641 bits per heavy atom. The van der Waals surface area contributed by atoms with Crippen molar-refractivity contribution < 1.29 is 9.53 Å². The Bertz CT molecular complexity index is 1530. The van der Waals surface area contributed by atoms with Crippen molar-refractivity contribution in [3.05, 3.63) is 144 Å². The van der Waals surface area contributed by atoms with Crippen LogP contribution in [0.1, 0.15) is 39.9 Å². The van der Waals surface area contributed by atoms with Crippen molar-refractivity contribution in [1.29, 1.82) is 0 Å². The molecule has 0 saturated heterocycles. The second-order valence-corrected chi connectivity index (χ2v) is 10.4. The second kappa shape index (κ2) is 11.1. The summed E-state index contributed by atoms with van der Waals surface area (Å²) in [5.41, 5.74) is 8.02. The maximum absolute atomic E-state index is 13.0. The fraction of sp³-hybridized carbons (Fsp3) is 0.0882. The molecule has 5 aromatic rings. The molecule has 0 radical (unpaired) electrons. The van der Waals surface area contributed by atoms with Crippen LogP contribution in [0.25, 0.3) is 0 Å². The number of benzene rings is 5. The third kappa shape index (κ3) is 5.27. The molecule has 1 aliphatic heterocycles. The first-order valence-corrected chi connectivity index (χ1v) is 13.9. The molecule has 0 saturated carbocycles. The monoisotopic (exact) mass is 528 g/mol. The molecular weight excluding hydrogens is 500 g/mol. The molecule has 0 aliphatic carbocycles. The van der Waals surface area contributed by atoms with Crippen LogP contribution in [0, 0.1) is 0 Å². The maximum atomic E-state index is 13.0. The number of hydrogen-bond donors (Lipinski definition) is 2. The van der Waals surface area contributed by atoms with E-state index in [1.54, 1.807) is 11.8 Å². The minimum absolute atomic E-state index is 0.103. The molecule has 0 atom stereocenters. The molecule has 192 valence electrons. The molecule has 4 nitrogen and oxygen atoms in total. The lowest BCUT2D eigenvalue weighted by molar-refractivity contribution is 0.0525. The average molecular weight is 529 g/mol. The first-order chi connectivity index (χ1) is 19.2. The van der Waals surface area contributed by atoms with Gasteiger partial charge in [-0.25, -0.2) is 4.79 Å². The minimum Gasteiger partial charge on any atom is -0.462 e. The summed E-state index contributed by atoms with van der Waals surface area (Å²) >= 11 is 1.76. The third-order valence-electron chi connectivity index (χ3n) is 6.76.